The smallest absolute Gasteiger partial charge is 0.0755 e. The summed E-state index contributed by atoms with van der Waals surface area (Å²) in [7, 11) is 0. The second-order valence-electron chi connectivity index (χ2n) is 9.57. The summed E-state index contributed by atoms with van der Waals surface area (Å²) in [6, 6.07) is 4.57. The first-order chi connectivity index (χ1) is 13.9. The van der Waals surface area contributed by atoms with Gasteiger partial charge in [0.2, 0.25) is 0 Å². The van der Waals surface area contributed by atoms with Gasteiger partial charge in [0, 0.05) is 22.0 Å². The number of nitrogens with zero attached hydrogens (tertiary/aromatic N) is 3. The van der Waals surface area contributed by atoms with Gasteiger partial charge in [0.15, 0.2) is 0 Å². The van der Waals surface area contributed by atoms with Gasteiger partial charge in [-0.2, -0.15) is 10.2 Å². The molecule has 1 fully saturated rings. The summed E-state index contributed by atoms with van der Waals surface area (Å²) in [6.07, 6.45) is 10.3. The fourth-order valence-corrected chi connectivity index (χ4v) is 4.92. The van der Waals surface area contributed by atoms with E-state index in [1.165, 1.54) is 54.0 Å². The van der Waals surface area contributed by atoms with Crippen molar-refractivity contribution in [2.45, 2.75) is 71.1 Å². The van der Waals surface area contributed by atoms with E-state index in [0.717, 1.165) is 28.0 Å². The van der Waals surface area contributed by atoms with Crippen molar-refractivity contribution >= 4 is 21.8 Å². The second kappa shape index (κ2) is 6.68. The maximum Gasteiger partial charge on any atom is 0.0755 e. The van der Waals surface area contributed by atoms with Gasteiger partial charge < -0.3 is 0 Å². The minimum Gasteiger partial charge on any atom is -0.282 e. The number of aromatic amines is 2. The second-order valence-corrected chi connectivity index (χ2v) is 9.57. The molecule has 1 saturated carbocycles. The van der Waals surface area contributed by atoms with Gasteiger partial charge in [-0.15, -0.1) is 0 Å². The van der Waals surface area contributed by atoms with E-state index in [1.54, 1.807) is 0 Å². The number of aryl methyl sites for hydroxylation is 1. The number of hydrogen-bond donors (Lipinski definition) is 2. The third-order valence-corrected chi connectivity index (χ3v) is 6.49. The summed E-state index contributed by atoms with van der Waals surface area (Å²) in [4.78, 5) is 5.26. The number of aromatic nitrogens is 5. The molecule has 150 valence electrons. The standard InChI is InChI=1S/C24H29N5/c1-14-17(12-25-28-14)20-11-19(24(2,3)4)22-18-13-26-29-21(18)10-16(23(22)27-20)15-8-6-5-7-9-15/h10-13,15H,5-9H2,1-4H3,(H,25,28)(H,26,29). The van der Waals surface area contributed by atoms with Crippen molar-refractivity contribution < 1.29 is 0 Å². The molecule has 0 saturated heterocycles. The number of hydrogen-bond acceptors (Lipinski definition) is 3. The van der Waals surface area contributed by atoms with Crippen molar-refractivity contribution in [2.75, 3.05) is 0 Å². The van der Waals surface area contributed by atoms with Gasteiger partial charge in [0.05, 0.1) is 29.1 Å². The third kappa shape index (κ3) is 3.04. The van der Waals surface area contributed by atoms with Crippen LogP contribution in [-0.4, -0.2) is 25.4 Å². The topological polar surface area (TPSA) is 70.2 Å². The summed E-state index contributed by atoms with van der Waals surface area (Å²) in [5, 5.41) is 17.4. The Morgan fingerprint density at radius 2 is 1.72 bits per heavy atom. The monoisotopic (exact) mass is 387 g/mol. The molecular weight excluding hydrogens is 358 g/mol. The molecule has 0 spiro atoms. The average Bonchev–Trinajstić information content (AvgIpc) is 3.35. The summed E-state index contributed by atoms with van der Waals surface area (Å²) in [5.41, 5.74) is 8.11. The molecule has 0 atom stereocenters. The Labute approximate surface area is 171 Å². The van der Waals surface area contributed by atoms with E-state index in [2.05, 4.69) is 60.2 Å². The first-order valence-corrected chi connectivity index (χ1v) is 10.7. The zero-order valence-electron chi connectivity index (χ0n) is 17.8. The van der Waals surface area contributed by atoms with Crippen molar-refractivity contribution in [3.63, 3.8) is 0 Å². The van der Waals surface area contributed by atoms with E-state index in [9.17, 15) is 0 Å². The molecule has 1 aromatic carbocycles. The lowest BCUT2D eigenvalue weighted by Crippen LogP contribution is -2.14. The lowest BCUT2D eigenvalue weighted by atomic mass is 9.79. The number of fused-ring (bicyclic) bond motifs is 3. The quantitative estimate of drug-likeness (QED) is 0.433. The zero-order chi connectivity index (χ0) is 20.2. The van der Waals surface area contributed by atoms with Gasteiger partial charge in [0.25, 0.3) is 0 Å². The molecule has 0 radical (unpaired) electrons. The SMILES string of the molecule is Cc1[nH]ncc1-c1cc(C(C)(C)C)c2c(n1)c(C1CCCCC1)cc1[nH]ncc12. The fraction of sp³-hybridized carbons (Fsp3) is 0.458. The fourth-order valence-electron chi connectivity index (χ4n) is 4.92. The van der Waals surface area contributed by atoms with Crippen molar-refractivity contribution in [1.29, 1.82) is 0 Å². The van der Waals surface area contributed by atoms with Crippen LogP contribution in [0.5, 0.6) is 0 Å². The maximum atomic E-state index is 5.26. The number of pyridine rings is 1. The highest BCUT2D eigenvalue weighted by atomic mass is 15.1. The zero-order valence-corrected chi connectivity index (χ0v) is 17.8. The van der Waals surface area contributed by atoms with E-state index in [1.807, 2.05) is 12.4 Å². The number of nitrogens with one attached hydrogen (secondary N) is 2. The Morgan fingerprint density at radius 1 is 0.966 bits per heavy atom. The molecule has 5 rings (SSSR count). The van der Waals surface area contributed by atoms with Gasteiger partial charge in [-0.25, -0.2) is 4.98 Å². The number of H-pyrrole nitrogens is 2. The molecular formula is C24H29N5. The van der Waals surface area contributed by atoms with Crippen LogP contribution < -0.4 is 0 Å². The van der Waals surface area contributed by atoms with E-state index >= 15 is 0 Å². The largest absolute Gasteiger partial charge is 0.282 e. The van der Waals surface area contributed by atoms with Crippen LogP contribution in [-0.2, 0) is 5.41 Å². The van der Waals surface area contributed by atoms with Crippen LogP contribution in [0.4, 0.5) is 0 Å². The highest BCUT2D eigenvalue weighted by molar-refractivity contribution is 6.09. The molecule has 5 heteroatoms. The van der Waals surface area contributed by atoms with E-state index in [4.69, 9.17) is 4.98 Å². The molecule has 4 aromatic rings. The van der Waals surface area contributed by atoms with E-state index < -0.39 is 0 Å². The van der Waals surface area contributed by atoms with Crippen LogP contribution in [0.15, 0.2) is 24.5 Å². The van der Waals surface area contributed by atoms with Gasteiger partial charge in [-0.1, -0.05) is 40.0 Å². The molecule has 29 heavy (non-hydrogen) atoms. The summed E-state index contributed by atoms with van der Waals surface area (Å²) in [5.74, 6) is 0.569. The molecule has 5 nitrogen and oxygen atoms in total. The number of benzene rings is 1. The minimum atomic E-state index is -0.0109. The molecule has 1 aliphatic carbocycles. The first kappa shape index (κ1) is 18.3. The van der Waals surface area contributed by atoms with Gasteiger partial charge in [-0.05, 0) is 54.4 Å². The molecule has 0 unspecified atom stereocenters. The highest BCUT2D eigenvalue weighted by Crippen LogP contribution is 2.42. The molecule has 2 N–H and O–H groups in total. The average molecular weight is 388 g/mol. The lowest BCUT2D eigenvalue weighted by molar-refractivity contribution is 0.445. The van der Waals surface area contributed by atoms with Crippen LogP contribution in [0.1, 0.15) is 75.6 Å². The third-order valence-electron chi connectivity index (χ3n) is 6.49. The molecule has 0 bridgehead atoms. The first-order valence-electron chi connectivity index (χ1n) is 10.7. The Bertz CT molecular complexity index is 1190. The predicted octanol–water partition coefficient (Wildman–Crippen LogP) is 6.15. The van der Waals surface area contributed by atoms with Crippen LogP contribution in [0.3, 0.4) is 0 Å². The maximum absolute atomic E-state index is 5.26. The highest BCUT2D eigenvalue weighted by Gasteiger charge is 2.26. The molecule has 0 amide bonds. The summed E-state index contributed by atoms with van der Waals surface area (Å²) < 4.78 is 0. The Morgan fingerprint density at radius 3 is 2.41 bits per heavy atom. The Hall–Kier alpha value is -2.69. The van der Waals surface area contributed by atoms with Gasteiger partial charge >= 0.3 is 0 Å². The summed E-state index contributed by atoms with van der Waals surface area (Å²) >= 11 is 0. The van der Waals surface area contributed by atoms with Gasteiger partial charge in [0.1, 0.15) is 0 Å². The van der Waals surface area contributed by atoms with Crippen molar-refractivity contribution in [3.05, 3.63) is 41.3 Å². The van der Waals surface area contributed by atoms with Crippen molar-refractivity contribution in [3.8, 4) is 11.3 Å². The Balaban J connectivity index is 1.90. The van der Waals surface area contributed by atoms with E-state index in [0.29, 0.717) is 5.92 Å². The molecule has 3 aromatic heterocycles. The minimum absolute atomic E-state index is 0.0109. The Kier molecular flexibility index (Phi) is 4.23. The molecule has 3 heterocycles. The predicted molar refractivity (Wildman–Crippen MR) is 118 cm³/mol. The van der Waals surface area contributed by atoms with Gasteiger partial charge in [-0.3, -0.25) is 10.2 Å². The van der Waals surface area contributed by atoms with E-state index in [-0.39, 0.29) is 5.41 Å². The van der Waals surface area contributed by atoms with Crippen molar-refractivity contribution in [1.82, 2.24) is 25.4 Å². The number of rotatable bonds is 2. The van der Waals surface area contributed by atoms with Crippen LogP contribution in [0.25, 0.3) is 33.1 Å². The normalized spacial score (nSPS) is 16.1. The lowest BCUT2D eigenvalue weighted by Gasteiger charge is -2.27. The van der Waals surface area contributed by atoms with Crippen LogP contribution in [0.2, 0.25) is 0 Å². The van der Waals surface area contributed by atoms with Crippen molar-refractivity contribution in [2.24, 2.45) is 0 Å². The molecule has 0 aliphatic heterocycles. The molecule has 1 aliphatic rings. The van der Waals surface area contributed by atoms with Crippen LogP contribution in [0, 0.1) is 6.92 Å². The summed E-state index contributed by atoms with van der Waals surface area (Å²) in [6.45, 7) is 8.92. The van der Waals surface area contributed by atoms with Crippen LogP contribution >= 0.6 is 0 Å².